The summed E-state index contributed by atoms with van der Waals surface area (Å²) in [7, 11) is 1.91. The van der Waals surface area contributed by atoms with E-state index in [0.29, 0.717) is 0 Å². The van der Waals surface area contributed by atoms with E-state index in [4.69, 9.17) is 4.74 Å². The number of piperidine rings is 1. The number of aryl methyl sites for hydroxylation is 2. The molecule has 1 fully saturated rings. The lowest BCUT2D eigenvalue weighted by Crippen LogP contribution is -2.45. The van der Waals surface area contributed by atoms with Gasteiger partial charge in [0, 0.05) is 29.4 Å². The molecule has 0 saturated carbocycles. The van der Waals surface area contributed by atoms with Crippen LogP contribution in [-0.2, 0) is 23.8 Å². The Morgan fingerprint density at radius 2 is 2.43 bits per heavy atom. The van der Waals surface area contributed by atoms with Crippen LogP contribution in [0.15, 0.2) is 12.3 Å². The first-order valence-corrected chi connectivity index (χ1v) is 8.31. The molecule has 6 heteroatoms. The van der Waals surface area contributed by atoms with Gasteiger partial charge in [-0.05, 0) is 37.9 Å². The van der Waals surface area contributed by atoms with Gasteiger partial charge in [-0.2, -0.15) is 0 Å². The van der Waals surface area contributed by atoms with Crippen LogP contribution in [0.3, 0.4) is 0 Å². The summed E-state index contributed by atoms with van der Waals surface area (Å²) in [4.78, 5) is 2.83. The van der Waals surface area contributed by atoms with Crippen molar-refractivity contribution in [2.45, 2.75) is 37.8 Å². The molecule has 0 bridgehead atoms. The van der Waals surface area contributed by atoms with Crippen molar-refractivity contribution in [2.75, 3.05) is 13.2 Å². The topological polar surface area (TPSA) is 52.0 Å². The SMILES string of the molecule is Cc1cc2c(s1)C1(CCNC(c3cn(C)nn3)C1)OCC2. The van der Waals surface area contributed by atoms with Crippen molar-refractivity contribution in [3.8, 4) is 0 Å². The highest BCUT2D eigenvalue weighted by molar-refractivity contribution is 7.12. The molecule has 2 unspecified atom stereocenters. The van der Waals surface area contributed by atoms with Crippen molar-refractivity contribution < 1.29 is 4.74 Å². The lowest BCUT2D eigenvalue weighted by Gasteiger charge is -2.43. The molecule has 2 aliphatic rings. The Labute approximate surface area is 128 Å². The zero-order valence-corrected chi connectivity index (χ0v) is 13.2. The second-order valence-electron chi connectivity index (χ2n) is 6.08. The highest BCUT2D eigenvalue weighted by atomic mass is 32.1. The molecule has 1 saturated heterocycles. The molecule has 0 radical (unpaired) electrons. The Morgan fingerprint density at radius 3 is 3.24 bits per heavy atom. The Bertz CT molecular complexity index is 664. The van der Waals surface area contributed by atoms with Gasteiger partial charge in [-0.15, -0.1) is 16.4 Å². The molecule has 2 atom stereocenters. The molecule has 1 N–H and O–H groups in total. The van der Waals surface area contributed by atoms with Gasteiger partial charge in [-0.3, -0.25) is 4.68 Å². The predicted molar refractivity (Wildman–Crippen MR) is 81.4 cm³/mol. The molecule has 0 aliphatic carbocycles. The molecule has 112 valence electrons. The lowest BCUT2D eigenvalue weighted by atomic mass is 9.82. The fourth-order valence-corrected chi connectivity index (χ4v) is 4.83. The summed E-state index contributed by atoms with van der Waals surface area (Å²) in [6.45, 7) is 3.98. The van der Waals surface area contributed by atoms with Gasteiger partial charge in [0.1, 0.15) is 5.60 Å². The second-order valence-corrected chi connectivity index (χ2v) is 7.34. The van der Waals surface area contributed by atoms with Crippen molar-refractivity contribution >= 4 is 11.3 Å². The highest BCUT2D eigenvalue weighted by Crippen LogP contribution is 2.47. The quantitative estimate of drug-likeness (QED) is 0.876. The molecule has 4 heterocycles. The number of fused-ring (bicyclic) bond motifs is 2. The second kappa shape index (κ2) is 4.90. The van der Waals surface area contributed by atoms with E-state index < -0.39 is 0 Å². The Morgan fingerprint density at radius 1 is 1.52 bits per heavy atom. The fraction of sp³-hybridized carbons (Fsp3) is 0.600. The standard InChI is InChI=1S/C15H20N4OS/c1-10-7-11-3-6-20-15(14(11)21-10)4-5-16-12(8-15)13-9-19(2)18-17-13/h7,9,12,16H,3-6,8H2,1-2H3. The molecular formula is C15H20N4OS. The number of nitrogens with zero attached hydrogens (tertiary/aromatic N) is 3. The van der Waals surface area contributed by atoms with Gasteiger partial charge in [-0.25, -0.2) is 0 Å². The first kappa shape index (κ1) is 13.4. The molecule has 4 rings (SSSR count). The van der Waals surface area contributed by atoms with Gasteiger partial charge >= 0.3 is 0 Å². The normalized spacial score (nSPS) is 28.8. The van der Waals surface area contributed by atoms with Gasteiger partial charge in [-0.1, -0.05) is 5.21 Å². The molecule has 2 aromatic heterocycles. The first-order valence-electron chi connectivity index (χ1n) is 7.50. The van der Waals surface area contributed by atoms with Gasteiger partial charge in [0.25, 0.3) is 0 Å². The molecule has 2 aliphatic heterocycles. The third-order valence-electron chi connectivity index (χ3n) is 4.53. The Hall–Kier alpha value is -1.24. The number of hydrogen-bond donors (Lipinski definition) is 1. The third kappa shape index (κ3) is 2.22. The summed E-state index contributed by atoms with van der Waals surface area (Å²) in [5.74, 6) is 0. The van der Waals surface area contributed by atoms with Crippen molar-refractivity contribution in [3.63, 3.8) is 0 Å². The van der Waals surface area contributed by atoms with E-state index in [1.165, 1.54) is 15.3 Å². The van der Waals surface area contributed by atoms with Gasteiger partial charge in [0.05, 0.1) is 18.3 Å². The molecule has 2 aromatic rings. The van der Waals surface area contributed by atoms with Crippen LogP contribution in [0.25, 0.3) is 0 Å². The van der Waals surface area contributed by atoms with Gasteiger partial charge in [0.2, 0.25) is 0 Å². The average Bonchev–Trinajstić information content (AvgIpc) is 3.06. The Kier molecular flexibility index (Phi) is 3.13. The van der Waals surface area contributed by atoms with Crippen molar-refractivity contribution in [3.05, 3.63) is 33.3 Å². The van der Waals surface area contributed by atoms with Crippen LogP contribution in [-0.4, -0.2) is 28.1 Å². The van der Waals surface area contributed by atoms with Crippen LogP contribution in [0.4, 0.5) is 0 Å². The summed E-state index contributed by atoms with van der Waals surface area (Å²) >= 11 is 1.90. The molecule has 1 spiro atoms. The molecule has 0 aromatic carbocycles. The summed E-state index contributed by atoms with van der Waals surface area (Å²) in [5.41, 5.74) is 2.38. The maximum atomic E-state index is 6.32. The molecule has 21 heavy (non-hydrogen) atoms. The monoisotopic (exact) mass is 304 g/mol. The van der Waals surface area contributed by atoms with Crippen LogP contribution in [0, 0.1) is 6.92 Å². The zero-order valence-electron chi connectivity index (χ0n) is 12.4. The number of aromatic nitrogens is 3. The summed E-state index contributed by atoms with van der Waals surface area (Å²) < 4.78 is 8.08. The lowest BCUT2D eigenvalue weighted by molar-refractivity contribution is -0.0871. The smallest absolute Gasteiger partial charge is 0.106 e. The largest absolute Gasteiger partial charge is 0.369 e. The number of thiophene rings is 1. The number of rotatable bonds is 1. The third-order valence-corrected chi connectivity index (χ3v) is 5.80. The zero-order chi connectivity index (χ0) is 14.4. The molecule has 0 amide bonds. The van der Waals surface area contributed by atoms with Crippen LogP contribution in [0.2, 0.25) is 0 Å². The highest BCUT2D eigenvalue weighted by Gasteiger charge is 2.44. The van der Waals surface area contributed by atoms with E-state index in [-0.39, 0.29) is 11.6 Å². The van der Waals surface area contributed by atoms with E-state index in [1.54, 1.807) is 4.68 Å². The minimum absolute atomic E-state index is 0.125. The summed E-state index contributed by atoms with van der Waals surface area (Å²) in [5, 5.41) is 11.9. The number of ether oxygens (including phenoxy) is 1. The first-order chi connectivity index (χ1) is 10.2. The fourth-order valence-electron chi connectivity index (χ4n) is 3.58. The molecular weight excluding hydrogens is 284 g/mol. The van der Waals surface area contributed by atoms with Crippen LogP contribution in [0.5, 0.6) is 0 Å². The van der Waals surface area contributed by atoms with Crippen LogP contribution in [0.1, 0.15) is 39.9 Å². The average molecular weight is 304 g/mol. The maximum absolute atomic E-state index is 6.32. The van der Waals surface area contributed by atoms with Crippen LogP contribution >= 0.6 is 11.3 Å². The minimum Gasteiger partial charge on any atom is -0.369 e. The van der Waals surface area contributed by atoms with E-state index in [0.717, 1.165) is 38.1 Å². The summed E-state index contributed by atoms with van der Waals surface area (Å²) in [6, 6.07) is 2.56. The van der Waals surface area contributed by atoms with E-state index >= 15 is 0 Å². The predicted octanol–water partition coefficient (Wildman–Crippen LogP) is 2.08. The minimum atomic E-state index is -0.125. The molecule has 5 nitrogen and oxygen atoms in total. The van der Waals surface area contributed by atoms with Crippen molar-refractivity contribution in [1.29, 1.82) is 0 Å². The van der Waals surface area contributed by atoms with Crippen LogP contribution < -0.4 is 5.32 Å². The van der Waals surface area contributed by atoms with Crippen molar-refractivity contribution in [2.24, 2.45) is 7.05 Å². The maximum Gasteiger partial charge on any atom is 0.106 e. The number of hydrogen-bond acceptors (Lipinski definition) is 5. The van der Waals surface area contributed by atoms with Gasteiger partial charge < -0.3 is 10.1 Å². The summed E-state index contributed by atoms with van der Waals surface area (Å²) in [6.07, 6.45) is 5.03. The van der Waals surface area contributed by atoms with E-state index in [9.17, 15) is 0 Å². The van der Waals surface area contributed by atoms with Crippen molar-refractivity contribution in [1.82, 2.24) is 20.3 Å². The van der Waals surface area contributed by atoms with Gasteiger partial charge in [0.15, 0.2) is 0 Å². The Balaban J connectivity index is 1.69. The number of nitrogens with one attached hydrogen (secondary N) is 1. The van der Waals surface area contributed by atoms with E-state index in [1.807, 2.05) is 24.6 Å². The van der Waals surface area contributed by atoms with E-state index in [2.05, 4.69) is 28.6 Å².